The number of esters is 1. The Morgan fingerprint density at radius 2 is 2.00 bits per heavy atom. The first-order valence-corrected chi connectivity index (χ1v) is 7.92. The first-order valence-electron chi connectivity index (χ1n) is 6.75. The van der Waals surface area contributed by atoms with E-state index in [0.717, 1.165) is 0 Å². The predicted octanol–water partition coefficient (Wildman–Crippen LogP) is 4.23. The van der Waals surface area contributed by atoms with Crippen LogP contribution in [0.1, 0.15) is 39.3 Å². The molecule has 0 saturated heterocycles. The Balaban J connectivity index is 3.00. The molecule has 7 heteroatoms. The van der Waals surface area contributed by atoms with E-state index < -0.39 is 23.7 Å². The third-order valence-corrected chi connectivity index (χ3v) is 3.69. The third-order valence-electron chi connectivity index (χ3n) is 2.46. The second-order valence-corrected chi connectivity index (χ2v) is 6.77. The SMILES string of the molecule is CCOC(=O)C(NC(=O)OC(C)(C)C)c1ccc(Br)c(Cl)c1. The Labute approximate surface area is 143 Å². The number of rotatable bonds is 4. The van der Waals surface area contributed by atoms with Crippen LogP contribution in [0.4, 0.5) is 4.79 Å². The van der Waals surface area contributed by atoms with E-state index in [1.165, 1.54) is 0 Å². The fourth-order valence-corrected chi connectivity index (χ4v) is 2.06. The topological polar surface area (TPSA) is 64.6 Å². The summed E-state index contributed by atoms with van der Waals surface area (Å²) in [6.45, 7) is 7.11. The Hall–Kier alpha value is -1.27. The molecule has 1 aromatic rings. The largest absolute Gasteiger partial charge is 0.464 e. The summed E-state index contributed by atoms with van der Waals surface area (Å²) >= 11 is 9.32. The number of benzene rings is 1. The minimum absolute atomic E-state index is 0.204. The van der Waals surface area contributed by atoms with E-state index >= 15 is 0 Å². The molecule has 0 aromatic heterocycles. The lowest BCUT2D eigenvalue weighted by molar-refractivity contribution is -0.145. The normalized spacial score (nSPS) is 12.5. The lowest BCUT2D eigenvalue weighted by Gasteiger charge is -2.23. The smallest absolute Gasteiger partial charge is 0.408 e. The van der Waals surface area contributed by atoms with Crippen LogP contribution in [0.2, 0.25) is 5.02 Å². The van der Waals surface area contributed by atoms with Crippen LogP contribution in [-0.2, 0) is 14.3 Å². The summed E-state index contributed by atoms with van der Waals surface area (Å²) in [7, 11) is 0. The zero-order chi connectivity index (χ0) is 16.9. The first-order chi connectivity index (χ1) is 10.1. The number of ether oxygens (including phenoxy) is 2. The van der Waals surface area contributed by atoms with Gasteiger partial charge in [-0.2, -0.15) is 0 Å². The number of hydrogen-bond acceptors (Lipinski definition) is 4. The van der Waals surface area contributed by atoms with Crippen molar-refractivity contribution in [3.8, 4) is 0 Å². The zero-order valence-corrected chi connectivity index (χ0v) is 15.2. The highest BCUT2D eigenvalue weighted by molar-refractivity contribution is 9.10. The minimum atomic E-state index is -0.986. The van der Waals surface area contributed by atoms with Crippen LogP contribution in [-0.4, -0.2) is 24.3 Å². The number of halogens is 2. The van der Waals surface area contributed by atoms with Crippen LogP contribution >= 0.6 is 27.5 Å². The highest BCUT2D eigenvalue weighted by atomic mass is 79.9. The van der Waals surface area contributed by atoms with Gasteiger partial charge in [0.25, 0.3) is 0 Å². The van der Waals surface area contributed by atoms with E-state index in [2.05, 4.69) is 21.2 Å². The quantitative estimate of drug-likeness (QED) is 0.779. The lowest BCUT2D eigenvalue weighted by atomic mass is 10.1. The number of hydrogen-bond donors (Lipinski definition) is 1. The summed E-state index contributed by atoms with van der Waals surface area (Å²) in [5, 5.41) is 2.94. The van der Waals surface area contributed by atoms with E-state index in [0.29, 0.717) is 15.1 Å². The molecule has 22 heavy (non-hydrogen) atoms. The molecule has 0 spiro atoms. The van der Waals surface area contributed by atoms with Gasteiger partial charge in [-0.1, -0.05) is 17.7 Å². The molecular formula is C15H19BrClNO4. The van der Waals surface area contributed by atoms with Crippen molar-refractivity contribution in [2.45, 2.75) is 39.3 Å². The molecule has 1 N–H and O–H groups in total. The molecule has 0 aliphatic heterocycles. The summed E-state index contributed by atoms with van der Waals surface area (Å²) in [6, 6.07) is 3.97. The number of carbonyl (C=O) groups excluding carboxylic acids is 2. The molecule has 1 atom stereocenters. The van der Waals surface area contributed by atoms with Gasteiger partial charge in [0.05, 0.1) is 11.6 Å². The molecule has 0 radical (unpaired) electrons. The Morgan fingerprint density at radius 3 is 2.50 bits per heavy atom. The number of nitrogens with one attached hydrogen (secondary N) is 1. The van der Waals surface area contributed by atoms with Crippen LogP contribution in [0.15, 0.2) is 22.7 Å². The summed E-state index contributed by atoms with van der Waals surface area (Å²) in [5.74, 6) is -0.577. The Kier molecular flexibility index (Phi) is 6.68. The Morgan fingerprint density at radius 1 is 1.36 bits per heavy atom. The van der Waals surface area contributed by atoms with Crippen LogP contribution in [0.5, 0.6) is 0 Å². The number of alkyl carbamates (subject to hydrolysis) is 1. The van der Waals surface area contributed by atoms with Gasteiger partial charge in [-0.3, -0.25) is 0 Å². The molecule has 122 valence electrons. The fourth-order valence-electron chi connectivity index (χ4n) is 1.62. The van der Waals surface area contributed by atoms with Crippen LogP contribution in [0, 0.1) is 0 Å². The highest BCUT2D eigenvalue weighted by Gasteiger charge is 2.27. The van der Waals surface area contributed by atoms with Crippen LogP contribution < -0.4 is 5.32 Å². The average Bonchev–Trinajstić information content (AvgIpc) is 2.37. The predicted molar refractivity (Wildman–Crippen MR) is 87.9 cm³/mol. The standard InChI is InChI=1S/C15H19BrClNO4/c1-5-21-13(19)12(18-14(20)22-15(2,3)4)9-6-7-10(16)11(17)8-9/h6-8,12H,5H2,1-4H3,(H,18,20). The maximum Gasteiger partial charge on any atom is 0.408 e. The molecule has 1 aromatic carbocycles. The molecule has 1 rings (SSSR count). The molecule has 0 aliphatic carbocycles. The monoisotopic (exact) mass is 391 g/mol. The van der Waals surface area contributed by atoms with Gasteiger partial charge < -0.3 is 14.8 Å². The summed E-state index contributed by atoms with van der Waals surface area (Å²) < 4.78 is 10.9. The molecule has 0 fully saturated rings. The number of amides is 1. The molecular weight excluding hydrogens is 374 g/mol. The fraction of sp³-hybridized carbons (Fsp3) is 0.467. The van der Waals surface area contributed by atoms with Crippen molar-refractivity contribution < 1.29 is 19.1 Å². The molecule has 5 nitrogen and oxygen atoms in total. The van der Waals surface area contributed by atoms with Crippen LogP contribution in [0.25, 0.3) is 0 Å². The second kappa shape index (κ2) is 7.83. The van der Waals surface area contributed by atoms with Gasteiger partial charge in [-0.15, -0.1) is 0 Å². The van der Waals surface area contributed by atoms with E-state index in [-0.39, 0.29) is 6.61 Å². The van der Waals surface area contributed by atoms with E-state index in [4.69, 9.17) is 21.1 Å². The zero-order valence-electron chi connectivity index (χ0n) is 12.9. The van der Waals surface area contributed by atoms with Gasteiger partial charge in [0, 0.05) is 4.47 Å². The molecule has 1 unspecified atom stereocenters. The third kappa shape index (κ3) is 5.85. The van der Waals surface area contributed by atoms with Gasteiger partial charge in [-0.05, 0) is 61.3 Å². The first kappa shape index (κ1) is 18.8. The van der Waals surface area contributed by atoms with Gasteiger partial charge in [0.1, 0.15) is 5.60 Å². The van der Waals surface area contributed by atoms with Crippen molar-refractivity contribution in [3.05, 3.63) is 33.3 Å². The van der Waals surface area contributed by atoms with Crippen molar-refractivity contribution in [1.29, 1.82) is 0 Å². The van der Waals surface area contributed by atoms with E-state index in [9.17, 15) is 9.59 Å². The van der Waals surface area contributed by atoms with Crippen molar-refractivity contribution in [2.24, 2.45) is 0 Å². The average molecular weight is 393 g/mol. The van der Waals surface area contributed by atoms with Crippen molar-refractivity contribution in [2.75, 3.05) is 6.61 Å². The molecule has 0 saturated carbocycles. The number of carbonyl (C=O) groups is 2. The maximum absolute atomic E-state index is 12.1. The van der Waals surface area contributed by atoms with Gasteiger partial charge >= 0.3 is 12.1 Å². The van der Waals surface area contributed by atoms with Gasteiger partial charge in [0.15, 0.2) is 6.04 Å². The summed E-state index contributed by atoms with van der Waals surface area (Å²) in [5.41, 5.74) is -0.154. The van der Waals surface area contributed by atoms with Crippen molar-refractivity contribution in [3.63, 3.8) is 0 Å². The second-order valence-electron chi connectivity index (χ2n) is 5.50. The maximum atomic E-state index is 12.1. The molecule has 0 aliphatic rings. The highest BCUT2D eigenvalue weighted by Crippen LogP contribution is 2.27. The van der Waals surface area contributed by atoms with E-state index in [1.807, 2.05) is 0 Å². The summed E-state index contributed by atoms with van der Waals surface area (Å²) in [4.78, 5) is 24.0. The van der Waals surface area contributed by atoms with Crippen molar-refractivity contribution >= 4 is 39.6 Å². The van der Waals surface area contributed by atoms with Gasteiger partial charge in [-0.25, -0.2) is 9.59 Å². The minimum Gasteiger partial charge on any atom is -0.464 e. The van der Waals surface area contributed by atoms with Crippen LogP contribution in [0.3, 0.4) is 0 Å². The Bertz CT molecular complexity index is 557. The van der Waals surface area contributed by atoms with Crippen molar-refractivity contribution in [1.82, 2.24) is 5.32 Å². The molecule has 1 amide bonds. The molecule has 0 bridgehead atoms. The summed E-state index contributed by atoms with van der Waals surface area (Å²) in [6.07, 6.45) is -0.704. The van der Waals surface area contributed by atoms with E-state index in [1.54, 1.807) is 45.9 Å². The van der Waals surface area contributed by atoms with Gasteiger partial charge in [0.2, 0.25) is 0 Å². The molecule has 0 heterocycles. The lowest BCUT2D eigenvalue weighted by Crippen LogP contribution is -2.38.